The van der Waals surface area contributed by atoms with Crippen LogP contribution < -0.4 is 0 Å². The van der Waals surface area contributed by atoms with Crippen molar-refractivity contribution < 1.29 is 13.7 Å². The first-order chi connectivity index (χ1) is 8.23. The van der Waals surface area contributed by atoms with Gasteiger partial charge in [0, 0.05) is 5.82 Å². The maximum atomic E-state index is 12.9. The summed E-state index contributed by atoms with van der Waals surface area (Å²) in [6.07, 6.45) is 0. The van der Waals surface area contributed by atoms with Gasteiger partial charge >= 0.3 is 7.12 Å². The van der Waals surface area contributed by atoms with E-state index in [1.807, 2.05) is 34.6 Å². The van der Waals surface area contributed by atoms with Crippen molar-refractivity contribution >= 4 is 7.12 Å². The smallest absolute Gasteiger partial charge is 0.403 e. The van der Waals surface area contributed by atoms with Gasteiger partial charge in [0.2, 0.25) is 0 Å². The Morgan fingerprint density at radius 3 is 1.89 bits per heavy atom. The minimum atomic E-state index is -0.327. The fourth-order valence-electron chi connectivity index (χ4n) is 2.02. The molecule has 2 rings (SSSR count). The lowest BCUT2D eigenvalue weighted by atomic mass is 9.69. The highest BCUT2D eigenvalue weighted by Gasteiger charge is 2.52. The van der Waals surface area contributed by atoms with E-state index in [1.165, 1.54) is 12.1 Å². The normalized spacial score (nSPS) is 23.1. The predicted molar refractivity (Wildman–Crippen MR) is 70.9 cm³/mol. The van der Waals surface area contributed by atoms with Crippen molar-refractivity contribution in [2.24, 2.45) is 0 Å². The maximum Gasteiger partial charge on any atom is 0.465 e. The molecule has 1 fully saturated rings. The Balaban J connectivity index is 2.17. The lowest BCUT2D eigenvalue weighted by molar-refractivity contribution is 0.00578. The van der Waals surface area contributed by atoms with Gasteiger partial charge in [0.05, 0.1) is 11.2 Å². The molecule has 0 N–H and O–H groups in total. The standard InChI is InChI=1S/C14H20BFO2/c1-10(11-6-8-12(16)9-7-11)15-17-13(2,3)14(4,5)18-15/h6-10H,1-5H3/t10-/m0/s1. The molecule has 0 spiro atoms. The first-order valence-electron chi connectivity index (χ1n) is 6.34. The quantitative estimate of drug-likeness (QED) is 0.747. The summed E-state index contributed by atoms with van der Waals surface area (Å²) in [6.45, 7) is 10.2. The first kappa shape index (κ1) is 13.6. The third-order valence-electron chi connectivity index (χ3n) is 4.08. The molecule has 0 aliphatic carbocycles. The topological polar surface area (TPSA) is 18.5 Å². The molecule has 1 aromatic rings. The second kappa shape index (κ2) is 4.35. The van der Waals surface area contributed by atoms with Gasteiger partial charge in [-0.25, -0.2) is 4.39 Å². The predicted octanol–water partition coefficient (Wildman–Crippen LogP) is 3.56. The van der Waals surface area contributed by atoms with Gasteiger partial charge in [-0.3, -0.25) is 0 Å². The zero-order valence-corrected chi connectivity index (χ0v) is 11.7. The highest BCUT2D eigenvalue weighted by atomic mass is 19.1. The highest BCUT2D eigenvalue weighted by Crippen LogP contribution is 2.40. The SMILES string of the molecule is C[C@H](B1OC(C)(C)C(C)(C)O1)c1ccc(F)cc1. The van der Waals surface area contributed by atoms with Crippen LogP contribution in [0.2, 0.25) is 0 Å². The fourth-order valence-corrected chi connectivity index (χ4v) is 2.02. The van der Waals surface area contributed by atoms with Crippen LogP contribution in [0.1, 0.15) is 46.0 Å². The summed E-state index contributed by atoms with van der Waals surface area (Å²) in [7, 11) is -0.291. The summed E-state index contributed by atoms with van der Waals surface area (Å²) in [4.78, 5) is 0. The largest absolute Gasteiger partial charge is 0.465 e. The summed E-state index contributed by atoms with van der Waals surface area (Å²) in [5.74, 6) is -0.147. The maximum absolute atomic E-state index is 12.9. The molecule has 1 aromatic carbocycles. The van der Waals surface area contributed by atoms with Crippen LogP contribution in [0, 0.1) is 5.82 Å². The average Bonchev–Trinajstić information content (AvgIpc) is 2.48. The Bertz CT molecular complexity index is 412. The zero-order chi connectivity index (χ0) is 13.6. The van der Waals surface area contributed by atoms with Crippen LogP contribution in [0.25, 0.3) is 0 Å². The van der Waals surface area contributed by atoms with Crippen molar-refractivity contribution in [3.63, 3.8) is 0 Å². The molecule has 0 aromatic heterocycles. The van der Waals surface area contributed by atoms with Crippen molar-refractivity contribution in [1.82, 2.24) is 0 Å². The monoisotopic (exact) mass is 250 g/mol. The van der Waals surface area contributed by atoms with Crippen molar-refractivity contribution in [2.75, 3.05) is 0 Å². The van der Waals surface area contributed by atoms with Crippen LogP contribution in [0.4, 0.5) is 4.39 Å². The molecule has 1 atom stereocenters. The summed E-state index contributed by atoms with van der Waals surface area (Å²) < 4.78 is 24.9. The van der Waals surface area contributed by atoms with Gasteiger partial charge < -0.3 is 9.31 Å². The molecule has 1 aliphatic rings. The molecule has 4 heteroatoms. The Morgan fingerprint density at radius 2 is 1.44 bits per heavy atom. The molecule has 98 valence electrons. The minimum absolute atomic E-state index is 0.0756. The zero-order valence-electron chi connectivity index (χ0n) is 11.7. The number of hydrogen-bond donors (Lipinski definition) is 0. The average molecular weight is 250 g/mol. The molecule has 0 amide bonds. The van der Waals surface area contributed by atoms with Gasteiger partial charge in [0.25, 0.3) is 0 Å². The molecular weight excluding hydrogens is 230 g/mol. The molecule has 18 heavy (non-hydrogen) atoms. The van der Waals surface area contributed by atoms with Gasteiger partial charge in [-0.15, -0.1) is 0 Å². The van der Waals surface area contributed by atoms with Gasteiger partial charge in [-0.05, 0) is 45.4 Å². The first-order valence-corrected chi connectivity index (χ1v) is 6.34. The lowest BCUT2D eigenvalue weighted by Crippen LogP contribution is -2.41. The summed E-state index contributed by atoms with van der Waals surface area (Å²) in [6, 6.07) is 6.50. The van der Waals surface area contributed by atoms with Crippen molar-refractivity contribution in [3.05, 3.63) is 35.6 Å². The Labute approximate surface area is 109 Å². The van der Waals surface area contributed by atoms with Crippen LogP contribution in [0.15, 0.2) is 24.3 Å². The van der Waals surface area contributed by atoms with Crippen LogP contribution in [-0.2, 0) is 9.31 Å². The third kappa shape index (κ3) is 2.32. The molecule has 2 nitrogen and oxygen atoms in total. The van der Waals surface area contributed by atoms with Crippen molar-refractivity contribution in [1.29, 1.82) is 0 Å². The lowest BCUT2D eigenvalue weighted by Gasteiger charge is -2.32. The van der Waals surface area contributed by atoms with E-state index in [1.54, 1.807) is 12.1 Å². The second-order valence-corrected chi connectivity index (χ2v) is 5.96. The fraction of sp³-hybridized carbons (Fsp3) is 0.571. The number of benzene rings is 1. The number of hydrogen-bond acceptors (Lipinski definition) is 2. The Hall–Kier alpha value is -0.865. The van der Waals surface area contributed by atoms with Gasteiger partial charge in [-0.1, -0.05) is 19.1 Å². The van der Waals surface area contributed by atoms with Gasteiger partial charge in [-0.2, -0.15) is 0 Å². The van der Waals surface area contributed by atoms with Crippen LogP contribution >= 0.6 is 0 Å². The van der Waals surface area contributed by atoms with E-state index in [0.717, 1.165) is 5.56 Å². The second-order valence-electron chi connectivity index (χ2n) is 5.96. The molecule has 1 heterocycles. The van der Waals surface area contributed by atoms with Crippen molar-refractivity contribution in [3.8, 4) is 0 Å². The molecule has 1 saturated heterocycles. The minimum Gasteiger partial charge on any atom is -0.403 e. The summed E-state index contributed by atoms with van der Waals surface area (Å²) in [5, 5.41) is 0. The van der Waals surface area contributed by atoms with E-state index in [2.05, 4.69) is 0 Å². The molecule has 0 saturated carbocycles. The molecular formula is C14H20BFO2. The molecule has 0 bridgehead atoms. The Kier molecular flexibility index (Phi) is 3.28. The van der Waals surface area contributed by atoms with E-state index >= 15 is 0 Å². The molecule has 0 unspecified atom stereocenters. The Morgan fingerprint density at radius 1 is 1.00 bits per heavy atom. The van der Waals surface area contributed by atoms with E-state index < -0.39 is 0 Å². The van der Waals surface area contributed by atoms with E-state index in [-0.39, 0.29) is 30.0 Å². The summed E-state index contributed by atoms with van der Waals surface area (Å²) in [5.41, 5.74) is 0.368. The van der Waals surface area contributed by atoms with E-state index in [0.29, 0.717) is 0 Å². The van der Waals surface area contributed by atoms with Crippen LogP contribution in [0.3, 0.4) is 0 Å². The van der Waals surface area contributed by atoms with Crippen LogP contribution in [-0.4, -0.2) is 18.3 Å². The van der Waals surface area contributed by atoms with E-state index in [4.69, 9.17) is 9.31 Å². The van der Waals surface area contributed by atoms with E-state index in [9.17, 15) is 4.39 Å². The number of rotatable bonds is 2. The molecule has 1 aliphatic heterocycles. The van der Waals surface area contributed by atoms with Gasteiger partial charge in [0.1, 0.15) is 5.82 Å². The van der Waals surface area contributed by atoms with Crippen LogP contribution in [0.5, 0.6) is 0 Å². The highest BCUT2D eigenvalue weighted by molar-refractivity contribution is 6.47. The third-order valence-corrected chi connectivity index (χ3v) is 4.08. The van der Waals surface area contributed by atoms with Crippen molar-refractivity contribution in [2.45, 2.75) is 51.6 Å². The molecule has 0 radical (unpaired) electrons. The summed E-state index contributed by atoms with van der Waals surface area (Å²) >= 11 is 0. The number of halogens is 1. The van der Waals surface area contributed by atoms with Gasteiger partial charge in [0.15, 0.2) is 0 Å².